The number of benzene rings is 1. The van der Waals surface area contributed by atoms with Gasteiger partial charge in [0.2, 0.25) is 11.9 Å². The third kappa shape index (κ3) is 4.51. The molecule has 2 aromatic heterocycles. The molecule has 0 aliphatic carbocycles. The first-order valence-electron chi connectivity index (χ1n) is 12.9. The van der Waals surface area contributed by atoms with Gasteiger partial charge in [0.05, 0.1) is 37.7 Å². The van der Waals surface area contributed by atoms with Gasteiger partial charge in [0.15, 0.2) is 0 Å². The Labute approximate surface area is 220 Å². The highest BCUT2D eigenvalue weighted by Crippen LogP contribution is 2.47. The molecule has 3 saturated heterocycles. The van der Waals surface area contributed by atoms with Crippen molar-refractivity contribution in [2.45, 2.75) is 56.4 Å². The van der Waals surface area contributed by atoms with Gasteiger partial charge in [-0.25, -0.2) is 4.98 Å². The van der Waals surface area contributed by atoms with E-state index in [1.807, 2.05) is 25.3 Å². The van der Waals surface area contributed by atoms with Gasteiger partial charge in [0.1, 0.15) is 16.4 Å². The van der Waals surface area contributed by atoms with Crippen LogP contribution in [0.4, 0.5) is 11.8 Å². The fraction of sp³-hybridized carbons (Fsp3) is 0.519. The molecule has 2 N–H and O–H groups in total. The van der Waals surface area contributed by atoms with Gasteiger partial charge >= 0.3 is 0 Å². The number of piperidine rings is 1. The lowest BCUT2D eigenvalue weighted by Gasteiger charge is -2.40. The topological polar surface area (TPSA) is 103 Å². The number of primary amides is 1. The Bertz CT molecular complexity index is 1290. The van der Waals surface area contributed by atoms with Gasteiger partial charge in [-0.3, -0.25) is 4.79 Å². The minimum atomic E-state index is -0.360. The quantitative estimate of drug-likeness (QED) is 0.501. The van der Waals surface area contributed by atoms with Crippen LogP contribution in [0.2, 0.25) is 0 Å². The van der Waals surface area contributed by atoms with Crippen molar-refractivity contribution >= 4 is 39.2 Å². The number of rotatable bonds is 7. The number of aromatic nitrogens is 2. The predicted octanol–water partition coefficient (Wildman–Crippen LogP) is 3.59. The summed E-state index contributed by atoms with van der Waals surface area (Å²) < 4.78 is 17.3. The number of morpholine rings is 1. The third-order valence-corrected chi connectivity index (χ3v) is 8.79. The Morgan fingerprint density at radius 2 is 1.95 bits per heavy atom. The Hall–Kier alpha value is -2.95. The maximum atomic E-state index is 11.5. The maximum absolute atomic E-state index is 11.5. The summed E-state index contributed by atoms with van der Waals surface area (Å²) in [5, 5.41) is 3.25. The molecule has 0 spiro atoms. The molecule has 1 amide bonds. The molecule has 3 aliphatic rings. The van der Waals surface area contributed by atoms with Crippen LogP contribution in [0.25, 0.3) is 21.3 Å². The lowest BCUT2D eigenvalue weighted by atomic mass is 9.98. The summed E-state index contributed by atoms with van der Waals surface area (Å²) in [5.41, 5.74) is 7.59. The highest BCUT2D eigenvalue weighted by atomic mass is 32.1. The Balaban J connectivity index is 1.47. The van der Waals surface area contributed by atoms with Gasteiger partial charge in [-0.05, 0) is 31.7 Å². The van der Waals surface area contributed by atoms with Crippen molar-refractivity contribution in [3.05, 3.63) is 29.6 Å². The summed E-state index contributed by atoms with van der Waals surface area (Å²) in [4.78, 5) is 27.5. The molecular formula is C27H33N5O4S. The molecular weight excluding hydrogens is 490 g/mol. The van der Waals surface area contributed by atoms with E-state index < -0.39 is 0 Å². The molecule has 3 unspecified atom stereocenters. The van der Waals surface area contributed by atoms with E-state index in [9.17, 15) is 4.79 Å². The number of carbonyl (C=O) groups is 1. The summed E-state index contributed by atoms with van der Waals surface area (Å²) in [6.45, 7) is 1.72. The van der Waals surface area contributed by atoms with Crippen LogP contribution in [-0.4, -0.2) is 74.1 Å². The van der Waals surface area contributed by atoms with Crippen LogP contribution < -0.4 is 20.3 Å². The number of nitrogens with zero attached hydrogens (tertiary/aromatic N) is 4. The van der Waals surface area contributed by atoms with Gasteiger partial charge in [-0.2, -0.15) is 4.98 Å². The number of hydrogen-bond donors (Lipinski definition) is 1. The molecule has 3 fully saturated rings. The second-order valence-electron chi connectivity index (χ2n) is 10.1. The zero-order valence-electron chi connectivity index (χ0n) is 21.3. The molecule has 5 heterocycles. The van der Waals surface area contributed by atoms with Crippen LogP contribution in [-0.2, 0) is 14.3 Å². The smallest absolute Gasteiger partial charge is 0.228 e. The summed E-state index contributed by atoms with van der Waals surface area (Å²) in [7, 11) is 3.53. The normalized spacial score (nSPS) is 25.6. The molecule has 10 heteroatoms. The summed E-state index contributed by atoms with van der Waals surface area (Å²) in [6.07, 6.45) is 4.50. The first-order valence-corrected chi connectivity index (χ1v) is 13.8. The van der Waals surface area contributed by atoms with E-state index in [-0.39, 0.29) is 24.5 Å². The number of thiophene rings is 1. The molecule has 9 nitrogen and oxygen atoms in total. The molecule has 2 bridgehead atoms. The van der Waals surface area contributed by atoms with Gasteiger partial charge in [0, 0.05) is 48.8 Å². The van der Waals surface area contributed by atoms with Crippen LogP contribution in [0.5, 0.6) is 5.75 Å². The molecule has 3 aliphatic heterocycles. The summed E-state index contributed by atoms with van der Waals surface area (Å²) in [6, 6.07) is 8.88. The number of methoxy groups -OCH3 is 2. The van der Waals surface area contributed by atoms with Crippen LogP contribution in [0.1, 0.15) is 32.1 Å². The number of amides is 1. The van der Waals surface area contributed by atoms with E-state index in [4.69, 9.17) is 29.9 Å². The Morgan fingerprint density at radius 3 is 2.68 bits per heavy atom. The van der Waals surface area contributed by atoms with Gasteiger partial charge in [0.25, 0.3) is 0 Å². The highest BCUT2D eigenvalue weighted by Gasteiger charge is 2.43. The van der Waals surface area contributed by atoms with Crippen LogP contribution in [0.15, 0.2) is 29.6 Å². The van der Waals surface area contributed by atoms with E-state index in [1.54, 1.807) is 18.4 Å². The van der Waals surface area contributed by atoms with Crippen molar-refractivity contribution in [3.63, 3.8) is 0 Å². The van der Waals surface area contributed by atoms with E-state index in [1.165, 1.54) is 0 Å². The Kier molecular flexibility index (Phi) is 6.64. The van der Waals surface area contributed by atoms with Crippen molar-refractivity contribution in [1.29, 1.82) is 0 Å². The summed E-state index contributed by atoms with van der Waals surface area (Å²) >= 11 is 1.63. The van der Waals surface area contributed by atoms with Crippen molar-refractivity contribution in [1.82, 2.24) is 9.97 Å². The van der Waals surface area contributed by atoms with E-state index in [0.717, 1.165) is 58.6 Å². The van der Waals surface area contributed by atoms with Gasteiger partial charge in [-0.15, -0.1) is 11.3 Å². The molecule has 0 saturated carbocycles. The average Bonchev–Trinajstić information content (AvgIpc) is 3.45. The van der Waals surface area contributed by atoms with Crippen molar-refractivity contribution in [3.8, 4) is 16.9 Å². The molecule has 1 aromatic carbocycles. The van der Waals surface area contributed by atoms with Crippen molar-refractivity contribution in [2.75, 3.05) is 43.7 Å². The SMILES string of the molecule is COc1ccccc1-c1csc2nc(N3CCOC(CC(N)=O)C3)nc(N3C4CCC3CC(OC)C4)c12. The predicted molar refractivity (Wildman–Crippen MR) is 144 cm³/mol. The molecule has 37 heavy (non-hydrogen) atoms. The minimum Gasteiger partial charge on any atom is -0.496 e. The summed E-state index contributed by atoms with van der Waals surface area (Å²) in [5.74, 6) is 2.14. The van der Waals surface area contributed by atoms with Crippen molar-refractivity contribution < 1.29 is 19.0 Å². The van der Waals surface area contributed by atoms with Crippen LogP contribution >= 0.6 is 11.3 Å². The minimum absolute atomic E-state index is 0.192. The zero-order chi connectivity index (χ0) is 25.5. The number of carbonyl (C=O) groups excluding carboxylic acids is 1. The molecule has 0 radical (unpaired) electrons. The lowest BCUT2D eigenvalue weighted by Crippen LogP contribution is -2.47. The highest BCUT2D eigenvalue weighted by molar-refractivity contribution is 7.17. The largest absolute Gasteiger partial charge is 0.496 e. The number of nitrogens with two attached hydrogens (primary N) is 1. The maximum Gasteiger partial charge on any atom is 0.228 e. The number of anilines is 2. The first-order chi connectivity index (χ1) is 18.1. The Morgan fingerprint density at radius 1 is 1.16 bits per heavy atom. The van der Waals surface area contributed by atoms with E-state index in [0.29, 0.717) is 37.7 Å². The first kappa shape index (κ1) is 24.4. The zero-order valence-corrected chi connectivity index (χ0v) is 22.1. The number of hydrogen-bond acceptors (Lipinski definition) is 9. The monoisotopic (exact) mass is 523 g/mol. The molecule has 3 aromatic rings. The number of ether oxygens (including phenoxy) is 3. The van der Waals surface area contributed by atoms with Crippen molar-refractivity contribution in [2.24, 2.45) is 5.73 Å². The molecule has 196 valence electrons. The van der Waals surface area contributed by atoms with E-state index >= 15 is 0 Å². The molecule has 6 rings (SSSR count). The molecule has 3 atom stereocenters. The van der Waals surface area contributed by atoms with Gasteiger partial charge in [-0.1, -0.05) is 18.2 Å². The van der Waals surface area contributed by atoms with Crippen LogP contribution in [0.3, 0.4) is 0 Å². The van der Waals surface area contributed by atoms with Gasteiger partial charge < -0.3 is 29.7 Å². The average molecular weight is 524 g/mol. The lowest BCUT2D eigenvalue weighted by molar-refractivity contribution is -0.121. The van der Waals surface area contributed by atoms with E-state index in [2.05, 4.69) is 21.2 Å². The number of para-hydroxylation sites is 1. The number of fused-ring (bicyclic) bond motifs is 3. The fourth-order valence-electron chi connectivity index (χ4n) is 6.22. The van der Waals surface area contributed by atoms with Crippen LogP contribution in [0, 0.1) is 0 Å². The second kappa shape index (κ2) is 10.1. The fourth-order valence-corrected chi connectivity index (χ4v) is 7.15. The second-order valence-corrected chi connectivity index (χ2v) is 11.0. The third-order valence-electron chi connectivity index (χ3n) is 7.92. The standard InChI is InChI=1S/C27H33N5O4S/c1-34-18-11-16-7-8-17(12-18)32(16)25-24-21(20-5-3-4-6-22(20)35-2)15-37-26(24)30-27(29-25)31-9-10-36-19(14-31)13-23(28)33/h3-6,15-19H,7-14H2,1-2H3,(H2,28,33).